The summed E-state index contributed by atoms with van der Waals surface area (Å²) in [5.41, 5.74) is 6.21. The number of benzene rings is 2. The minimum absolute atomic E-state index is 0.472. The van der Waals surface area contributed by atoms with Crippen LogP contribution < -0.4 is 0 Å². The van der Waals surface area contributed by atoms with Gasteiger partial charge >= 0.3 is 0 Å². The Morgan fingerprint density at radius 3 is 2.63 bits per heavy atom. The molecule has 0 aliphatic heterocycles. The van der Waals surface area contributed by atoms with Crippen LogP contribution in [0.15, 0.2) is 42.5 Å². The van der Waals surface area contributed by atoms with E-state index in [2.05, 4.69) is 49.4 Å². The first-order chi connectivity index (χ1) is 9.35. The smallest absolute Gasteiger partial charge is 0.0991 e. The number of rotatable bonds is 3. The molecule has 1 nitrogen and oxygen atoms in total. The molecule has 19 heavy (non-hydrogen) atoms. The van der Waals surface area contributed by atoms with E-state index in [1.807, 2.05) is 6.07 Å². The van der Waals surface area contributed by atoms with Gasteiger partial charge in [-0.3, -0.25) is 0 Å². The average Bonchev–Trinajstić information content (AvgIpc) is 2.78. The van der Waals surface area contributed by atoms with Gasteiger partial charge in [-0.05, 0) is 40.8 Å². The fourth-order valence-corrected chi connectivity index (χ4v) is 3.10. The van der Waals surface area contributed by atoms with Crippen molar-refractivity contribution in [1.29, 1.82) is 5.26 Å². The number of fused-ring (bicyclic) bond motifs is 3. The third-order valence-corrected chi connectivity index (χ3v) is 4.03. The second kappa shape index (κ2) is 4.90. The molecule has 0 fully saturated rings. The first-order valence-corrected chi connectivity index (χ1v) is 6.98. The van der Waals surface area contributed by atoms with Crippen LogP contribution in [0.2, 0.25) is 0 Å². The SMILES string of the molecule is CCCCC1c2ccccc2-c2ccc(C#N)cc21. The zero-order valence-electron chi connectivity index (χ0n) is 11.2. The lowest BCUT2D eigenvalue weighted by molar-refractivity contribution is 0.659. The average molecular weight is 247 g/mol. The summed E-state index contributed by atoms with van der Waals surface area (Å²) in [4.78, 5) is 0. The Hall–Kier alpha value is -2.07. The zero-order valence-corrected chi connectivity index (χ0v) is 11.2. The number of unbranched alkanes of at least 4 members (excludes halogenated alkanes) is 1. The van der Waals surface area contributed by atoms with E-state index in [0.29, 0.717) is 5.92 Å². The highest BCUT2D eigenvalue weighted by atomic mass is 14.3. The molecule has 0 aromatic heterocycles. The molecular weight excluding hydrogens is 230 g/mol. The second-order valence-electron chi connectivity index (χ2n) is 5.20. The quantitative estimate of drug-likeness (QED) is 0.759. The van der Waals surface area contributed by atoms with E-state index in [1.165, 1.54) is 41.5 Å². The minimum atomic E-state index is 0.472. The van der Waals surface area contributed by atoms with Gasteiger partial charge in [0.15, 0.2) is 0 Å². The van der Waals surface area contributed by atoms with Crippen molar-refractivity contribution in [2.24, 2.45) is 0 Å². The van der Waals surface area contributed by atoms with Crippen molar-refractivity contribution in [2.45, 2.75) is 32.1 Å². The summed E-state index contributed by atoms with van der Waals surface area (Å²) in [6, 6.07) is 17.0. The van der Waals surface area contributed by atoms with E-state index in [9.17, 15) is 0 Å². The molecule has 2 aromatic carbocycles. The molecule has 94 valence electrons. The highest BCUT2D eigenvalue weighted by molar-refractivity contribution is 5.79. The van der Waals surface area contributed by atoms with Crippen molar-refractivity contribution in [3.8, 4) is 17.2 Å². The van der Waals surface area contributed by atoms with Crippen molar-refractivity contribution in [3.05, 3.63) is 59.2 Å². The number of nitriles is 1. The van der Waals surface area contributed by atoms with Crippen molar-refractivity contribution in [2.75, 3.05) is 0 Å². The Bertz CT molecular complexity index is 649. The zero-order chi connectivity index (χ0) is 13.2. The van der Waals surface area contributed by atoms with E-state index < -0.39 is 0 Å². The van der Waals surface area contributed by atoms with Crippen LogP contribution in [0.5, 0.6) is 0 Å². The summed E-state index contributed by atoms with van der Waals surface area (Å²) in [6.45, 7) is 2.23. The summed E-state index contributed by atoms with van der Waals surface area (Å²) in [5, 5.41) is 9.10. The highest BCUT2D eigenvalue weighted by Crippen LogP contribution is 2.47. The molecule has 0 heterocycles. The van der Waals surface area contributed by atoms with Gasteiger partial charge in [0, 0.05) is 5.92 Å². The molecule has 1 heteroatoms. The Morgan fingerprint density at radius 2 is 1.84 bits per heavy atom. The lowest BCUT2D eigenvalue weighted by Crippen LogP contribution is -1.96. The van der Waals surface area contributed by atoms with Gasteiger partial charge in [-0.25, -0.2) is 0 Å². The molecule has 0 saturated heterocycles. The molecule has 1 unspecified atom stereocenters. The molecule has 1 aliphatic carbocycles. The maximum Gasteiger partial charge on any atom is 0.0991 e. The first kappa shape index (κ1) is 12.0. The summed E-state index contributed by atoms with van der Waals surface area (Å²) in [5.74, 6) is 0.472. The van der Waals surface area contributed by atoms with Gasteiger partial charge in [-0.2, -0.15) is 5.26 Å². The van der Waals surface area contributed by atoms with Crippen LogP contribution in [0, 0.1) is 11.3 Å². The van der Waals surface area contributed by atoms with Crippen molar-refractivity contribution < 1.29 is 0 Å². The Labute approximate surface area is 114 Å². The van der Waals surface area contributed by atoms with Crippen LogP contribution in [0.1, 0.15) is 48.8 Å². The molecular formula is C18H17N. The van der Waals surface area contributed by atoms with E-state index in [4.69, 9.17) is 5.26 Å². The largest absolute Gasteiger partial charge is 0.192 e. The van der Waals surface area contributed by atoms with Crippen LogP contribution in [0.3, 0.4) is 0 Å². The normalized spacial score (nSPS) is 15.7. The van der Waals surface area contributed by atoms with E-state index in [0.717, 1.165) is 5.56 Å². The molecule has 1 atom stereocenters. The standard InChI is InChI=1S/C18H17N/c1-2-3-6-16-14-7-4-5-8-15(14)17-10-9-13(12-19)11-18(16)17/h4-5,7-11,16H,2-3,6H2,1H3. The lowest BCUT2D eigenvalue weighted by atomic mass is 9.91. The van der Waals surface area contributed by atoms with Crippen LogP contribution in [-0.4, -0.2) is 0 Å². The first-order valence-electron chi connectivity index (χ1n) is 6.98. The maximum absolute atomic E-state index is 9.10. The van der Waals surface area contributed by atoms with Gasteiger partial charge in [0.25, 0.3) is 0 Å². The summed E-state index contributed by atoms with van der Waals surface area (Å²) >= 11 is 0. The summed E-state index contributed by atoms with van der Waals surface area (Å²) in [6.07, 6.45) is 3.62. The van der Waals surface area contributed by atoms with Crippen LogP contribution in [0.25, 0.3) is 11.1 Å². The fourth-order valence-electron chi connectivity index (χ4n) is 3.10. The molecule has 1 aliphatic rings. The number of nitrogens with zero attached hydrogens (tertiary/aromatic N) is 1. The third kappa shape index (κ3) is 1.94. The topological polar surface area (TPSA) is 23.8 Å². The second-order valence-corrected chi connectivity index (χ2v) is 5.20. The molecule has 0 bridgehead atoms. The Morgan fingerprint density at radius 1 is 1.05 bits per heavy atom. The van der Waals surface area contributed by atoms with Crippen LogP contribution in [-0.2, 0) is 0 Å². The minimum Gasteiger partial charge on any atom is -0.192 e. The summed E-state index contributed by atoms with van der Waals surface area (Å²) < 4.78 is 0. The van der Waals surface area contributed by atoms with Gasteiger partial charge in [-0.15, -0.1) is 0 Å². The highest BCUT2D eigenvalue weighted by Gasteiger charge is 2.27. The molecule has 0 N–H and O–H groups in total. The maximum atomic E-state index is 9.10. The molecule has 0 radical (unpaired) electrons. The van der Waals surface area contributed by atoms with E-state index in [1.54, 1.807) is 0 Å². The lowest BCUT2D eigenvalue weighted by Gasteiger charge is -2.12. The predicted molar refractivity (Wildman–Crippen MR) is 78.0 cm³/mol. The number of hydrogen-bond donors (Lipinski definition) is 0. The van der Waals surface area contributed by atoms with Crippen molar-refractivity contribution in [3.63, 3.8) is 0 Å². The summed E-state index contributed by atoms with van der Waals surface area (Å²) in [7, 11) is 0. The molecule has 0 spiro atoms. The van der Waals surface area contributed by atoms with Crippen LogP contribution in [0.4, 0.5) is 0 Å². The number of hydrogen-bond acceptors (Lipinski definition) is 1. The van der Waals surface area contributed by atoms with E-state index >= 15 is 0 Å². The Kier molecular flexibility index (Phi) is 3.09. The molecule has 3 rings (SSSR count). The molecule has 0 saturated carbocycles. The van der Waals surface area contributed by atoms with Gasteiger partial charge in [0.05, 0.1) is 11.6 Å². The van der Waals surface area contributed by atoms with E-state index in [-0.39, 0.29) is 0 Å². The molecule has 2 aromatic rings. The van der Waals surface area contributed by atoms with Crippen molar-refractivity contribution in [1.82, 2.24) is 0 Å². The monoisotopic (exact) mass is 247 g/mol. The van der Waals surface area contributed by atoms with Gasteiger partial charge in [-0.1, -0.05) is 50.1 Å². The van der Waals surface area contributed by atoms with Crippen molar-refractivity contribution >= 4 is 0 Å². The Balaban J connectivity index is 2.13. The van der Waals surface area contributed by atoms with Gasteiger partial charge in [0.1, 0.15) is 0 Å². The van der Waals surface area contributed by atoms with Crippen LogP contribution >= 0.6 is 0 Å². The molecule has 0 amide bonds. The third-order valence-electron chi connectivity index (χ3n) is 4.03. The predicted octanol–water partition coefficient (Wildman–Crippen LogP) is 4.86. The fraction of sp³-hybridized carbons (Fsp3) is 0.278. The van der Waals surface area contributed by atoms with Gasteiger partial charge in [0.2, 0.25) is 0 Å². The van der Waals surface area contributed by atoms with Gasteiger partial charge < -0.3 is 0 Å².